The molecule has 0 saturated carbocycles. The Morgan fingerprint density at radius 3 is 2.58 bits per heavy atom. The third-order valence-corrected chi connectivity index (χ3v) is 4.46. The molecule has 3 N–H and O–H groups in total. The number of aliphatic carboxylic acids is 1. The number of para-hydroxylation sites is 1. The van der Waals surface area contributed by atoms with Crippen LogP contribution in [0.2, 0.25) is 0 Å². The van der Waals surface area contributed by atoms with Crippen molar-refractivity contribution in [1.82, 2.24) is 0 Å². The van der Waals surface area contributed by atoms with E-state index >= 15 is 0 Å². The Morgan fingerprint density at radius 2 is 2.05 bits per heavy atom. The number of anilines is 1. The van der Waals surface area contributed by atoms with Crippen molar-refractivity contribution in [2.24, 2.45) is 10.6 Å². The van der Waals surface area contributed by atoms with Crippen LogP contribution in [0.25, 0.3) is 0 Å². The molecule has 7 heteroatoms. The van der Waals surface area contributed by atoms with E-state index in [0.29, 0.717) is 18.7 Å². The summed E-state index contributed by atoms with van der Waals surface area (Å²) in [4.78, 5) is 13.0. The molecule has 0 spiro atoms. The summed E-state index contributed by atoms with van der Waals surface area (Å²) in [5.41, 5.74) is -0.388. The van der Waals surface area contributed by atoms with Crippen LogP contribution in [-0.2, 0) is 14.8 Å². The maximum atomic E-state index is 11.5. The van der Waals surface area contributed by atoms with Gasteiger partial charge in [0, 0.05) is 13.1 Å². The molecule has 1 heterocycles. The molecule has 1 saturated heterocycles. The number of carboxylic acids is 1. The van der Waals surface area contributed by atoms with Gasteiger partial charge in [-0.05, 0) is 25.5 Å². The largest absolute Gasteiger partial charge is 0.481 e. The van der Waals surface area contributed by atoms with Gasteiger partial charge in [0.25, 0.3) is 0 Å². The summed E-state index contributed by atoms with van der Waals surface area (Å²) >= 11 is 0. The first-order valence-electron chi connectivity index (χ1n) is 5.84. The van der Waals surface area contributed by atoms with Crippen molar-refractivity contribution < 1.29 is 18.3 Å². The smallest absolute Gasteiger partial charge is 0.311 e. The summed E-state index contributed by atoms with van der Waals surface area (Å²) < 4.78 is 23.1. The first kappa shape index (κ1) is 13.8. The maximum absolute atomic E-state index is 11.5. The number of nitrogens with zero attached hydrogens (tertiary/aromatic N) is 1. The van der Waals surface area contributed by atoms with Crippen LogP contribution in [-0.4, -0.2) is 32.6 Å². The fourth-order valence-electron chi connectivity index (χ4n) is 2.30. The monoisotopic (exact) mass is 284 g/mol. The standard InChI is InChI=1S/C12H16N2O4S/c1-12(11(15)16)6-7-14(8-12)9-4-2-3-5-10(9)19(13,17)18/h2-5H,6-8H2,1H3,(H,15,16)(H2,13,17,18). The summed E-state index contributed by atoms with van der Waals surface area (Å²) in [7, 11) is -3.82. The molecule has 1 aliphatic rings. The lowest BCUT2D eigenvalue weighted by Gasteiger charge is -2.23. The molecule has 2 rings (SSSR count). The van der Waals surface area contributed by atoms with Gasteiger partial charge in [-0.1, -0.05) is 12.1 Å². The third kappa shape index (κ3) is 2.57. The van der Waals surface area contributed by atoms with E-state index in [4.69, 9.17) is 5.14 Å². The third-order valence-electron chi connectivity index (χ3n) is 3.50. The molecular formula is C12H16N2O4S. The van der Waals surface area contributed by atoms with E-state index in [0.717, 1.165) is 0 Å². The molecule has 1 atom stereocenters. The van der Waals surface area contributed by atoms with Gasteiger partial charge in [0.2, 0.25) is 10.0 Å². The Balaban J connectivity index is 2.38. The Labute approximate surface area is 111 Å². The van der Waals surface area contributed by atoms with E-state index in [1.54, 1.807) is 30.0 Å². The molecule has 0 bridgehead atoms. The minimum atomic E-state index is -3.82. The van der Waals surface area contributed by atoms with Gasteiger partial charge in [0.05, 0.1) is 11.1 Å². The fraction of sp³-hybridized carbons (Fsp3) is 0.417. The lowest BCUT2D eigenvalue weighted by atomic mass is 9.90. The van der Waals surface area contributed by atoms with Crippen LogP contribution in [0.4, 0.5) is 5.69 Å². The Bertz CT molecular complexity index is 614. The van der Waals surface area contributed by atoms with E-state index in [1.165, 1.54) is 6.07 Å². The van der Waals surface area contributed by atoms with Crippen LogP contribution in [0.1, 0.15) is 13.3 Å². The van der Waals surface area contributed by atoms with Crippen molar-refractivity contribution in [2.75, 3.05) is 18.0 Å². The van der Waals surface area contributed by atoms with Gasteiger partial charge in [0.1, 0.15) is 4.90 Å². The van der Waals surface area contributed by atoms with Crippen LogP contribution in [0.5, 0.6) is 0 Å². The predicted octanol–water partition coefficient (Wildman–Crippen LogP) is 0.635. The van der Waals surface area contributed by atoms with E-state index in [2.05, 4.69) is 0 Å². The quantitative estimate of drug-likeness (QED) is 0.848. The maximum Gasteiger partial charge on any atom is 0.311 e. The second kappa shape index (κ2) is 4.50. The van der Waals surface area contributed by atoms with Gasteiger partial charge < -0.3 is 10.0 Å². The zero-order chi connectivity index (χ0) is 14.3. The highest BCUT2D eigenvalue weighted by Crippen LogP contribution is 2.35. The molecule has 6 nitrogen and oxygen atoms in total. The topological polar surface area (TPSA) is 101 Å². The molecule has 1 unspecified atom stereocenters. The van der Waals surface area contributed by atoms with Crippen LogP contribution in [0.15, 0.2) is 29.2 Å². The molecule has 19 heavy (non-hydrogen) atoms. The summed E-state index contributed by atoms with van der Waals surface area (Å²) in [6, 6.07) is 6.38. The van der Waals surface area contributed by atoms with Crippen LogP contribution >= 0.6 is 0 Å². The number of hydrogen-bond acceptors (Lipinski definition) is 4. The fourth-order valence-corrected chi connectivity index (χ4v) is 3.06. The lowest BCUT2D eigenvalue weighted by molar-refractivity contribution is -0.146. The molecule has 104 valence electrons. The number of sulfonamides is 1. The lowest BCUT2D eigenvalue weighted by Crippen LogP contribution is -2.32. The first-order valence-corrected chi connectivity index (χ1v) is 7.39. The molecule has 1 aromatic rings. The molecule has 0 radical (unpaired) electrons. The van der Waals surface area contributed by atoms with E-state index in [9.17, 15) is 18.3 Å². The molecule has 1 aromatic carbocycles. The minimum absolute atomic E-state index is 0.0321. The van der Waals surface area contributed by atoms with Crippen molar-refractivity contribution in [3.63, 3.8) is 0 Å². The van der Waals surface area contributed by atoms with Gasteiger partial charge in [-0.2, -0.15) is 0 Å². The molecular weight excluding hydrogens is 268 g/mol. The number of nitrogens with two attached hydrogens (primary N) is 1. The molecule has 1 fully saturated rings. The van der Waals surface area contributed by atoms with Crippen LogP contribution in [0.3, 0.4) is 0 Å². The van der Waals surface area contributed by atoms with Gasteiger partial charge in [-0.15, -0.1) is 0 Å². The second-order valence-electron chi connectivity index (χ2n) is 5.05. The summed E-state index contributed by atoms with van der Waals surface area (Å²) in [5.74, 6) is -0.872. The van der Waals surface area contributed by atoms with Crippen LogP contribution in [0, 0.1) is 5.41 Å². The number of rotatable bonds is 3. The zero-order valence-corrected chi connectivity index (χ0v) is 11.4. The second-order valence-corrected chi connectivity index (χ2v) is 6.58. The average molecular weight is 284 g/mol. The van der Waals surface area contributed by atoms with E-state index < -0.39 is 21.4 Å². The van der Waals surface area contributed by atoms with Crippen molar-refractivity contribution in [3.05, 3.63) is 24.3 Å². The van der Waals surface area contributed by atoms with Gasteiger partial charge >= 0.3 is 5.97 Å². The highest BCUT2D eigenvalue weighted by atomic mass is 32.2. The predicted molar refractivity (Wildman–Crippen MR) is 70.4 cm³/mol. The molecule has 0 amide bonds. The summed E-state index contributed by atoms with van der Waals surface area (Å²) in [6.07, 6.45) is 0.473. The Morgan fingerprint density at radius 1 is 1.42 bits per heavy atom. The van der Waals surface area contributed by atoms with Crippen molar-refractivity contribution >= 4 is 21.7 Å². The summed E-state index contributed by atoms with van der Waals surface area (Å²) in [6.45, 7) is 2.43. The first-order chi connectivity index (χ1) is 8.74. The number of primary sulfonamides is 1. The number of benzene rings is 1. The Hall–Kier alpha value is -1.60. The molecule has 0 aliphatic carbocycles. The average Bonchev–Trinajstić information content (AvgIpc) is 2.72. The number of carbonyl (C=O) groups is 1. The Kier molecular flexibility index (Phi) is 3.27. The van der Waals surface area contributed by atoms with Gasteiger partial charge in [-0.25, -0.2) is 13.6 Å². The SMILES string of the molecule is CC1(C(=O)O)CCN(c2ccccc2S(N)(=O)=O)C1. The van der Waals surface area contributed by atoms with E-state index in [1.807, 2.05) is 0 Å². The van der Waals surface area contributed by atoms with Crippen molar-refractivity contribution in [2.45, 2.75) is 18.2 Å². The highest BCUT2D eigenvalue weighted by Gasteiger charge is 2.41. The number of carboxylic acid groups (broad SMARTS) is 1. The minimum Gasteiger partial charge on any atom is -0.481 e. The number of hydrogen-bond donors (Lipinski definition) is 2. The van der Waals surface area contributed by atoms with Crippen molar-refractivity contribution in [1.29, 1.82) is 0 Å². The van der Waals surface area contributed by atoms with Gasteiger partial charge in [-0.3, -0.25) is 4.79 Å². The molecule has 0 aromatic heterocycles. The molecule has 1 aliphatic heterocycles. The normalized spacial score (nSPS) is 23.6. The summed E-state index contributed by atoms with van der Waals surface area (Å²) in [5, 5.41) is 14.4. The van der Waals surface area contributed by atoms with Crippen LogP contribution < -0.4 is 10.0 Å². The van der Waals surface area contributed by atoms with Gasteiger partial charge in [0.15, 0.2) is 0 Å². The zero-order valence-electron chi connectivity index (χ0n) is 10.5. The highest BCUT2D eigenvalue weighted by molar-refractivity contribution is 7.89. The van der Waals surface area contributed by atoms with Crippen molar-refractivity contribution in [3.8, 4) is 0 Å². The van der Waals surface area contributed by atoms with E-state index in [-0.39, 0.29) is 11.4 Å².